The van der Waals surface area contributed by atoms with Crippen LogP contribution >= 0.6 is 0 Å². The van der Waals surface area contributed by atoms with Crippen LogP contribution in [0.25, 0.3) is 0 Å². The molecule has 0 heterocycles. The molecule has 0 fully saturated rings. The summed E-state index contributed by atoms with van der Waals surface area (Å²) in [5.74, 6) is -3.57. The topological polar surface area (TPSA) is 231 Å². The predicted molar refractivity (Wildman–Crippen MR) is 218 cm³/mol. The second-order valence-corrected chi connectivity index (χ2v) is 18.2. The fraction of sp³-hybridized carbons (Fsp3) is 0.690. The first-order valence-electron chi connectivity index (χ1n) is 19.9. The molecule has 0 aliphatic heterocycles. The number of esters is 4. The SMILES string of the molecule is CC(C)(C)OC(=O)CC[C@H](NC(=O)N[C@@H](CCCCNC(=O)[C@H](Cc1ccccc1)NC(=O)[C@@H](N)CCC(=O)OC(C)(C)C)C(=O)OC(C)(C)C)C(=O)OC(C)(C)C. The summed E-state index contributed by atoms with van der Waals surface area (Å²) in [5, 5.41) is 10.7. The largest absolute Gasteiger partial charge is 0.460 e. The molecule has 1 aromatic rings. The van der Waals surface area contributed by atoms with Crippen LogP contribution < -0.4 is 27.0 Å². The van der Waals surface area contributed by atoms with Gasteiger partial charge in [0, 0.05) is 25.8 Å². The summed E-state index contributed by atoms with van der Waals surface area (Å²) in [6, 6.07) is 3.86. The summed E-state index contributed by atoms with van der Waals surface area (Å²) in [7, 11) is 0. The Balaban J connectivity index is 2.97. The van der Waals surface area contributed by atoms with Gasteiger partial charge in [-0.15, -0.1) is 0 Å². The molecule has 1 aromatic carbocycles. The predicted octanol–water partition coefficient (Wildman–Crippen LogP) is 4.29. The lowest BCUT2D eigenvalue weighted by molar-refractivity contribution is -0.159. The molecular formula is C42H69N5O11. The van der Waals surface area contributed by atoms with Gasteiger partial charge in [-0.25, -0.2) is 14.4 Å². The van der Waals surface area contributed by atoms with Crippen molar-refractivity contribution in [1.29, 1.82) is 0 Å². The third-order valence-electron chi connectivity index (χ3n) is 7.60. The molecule has 0 aliphatic rings. The third-order valence-corrected chi connectivity index (χ3v) is 7.60. The summed E-state index contributed by atoms with van der Waals surface area (Å²) in [4.78, 5) is 90.5. The number of nitrogens with two attached hydrogens (primary N) is 1. The van der Waals surface area contributed by atoms with Gasteiger partial charge < -0.3 is 45.9 Å². The van der Waals surface area contributed by atoms with E-state index in [2.05, 4.69) is 21.3 Å². The highest BCUT2D eigenvalue weighted by atomic mass is 16.6. The Hall–Kier alpha value is -4.73. The Bertz CT molecular complexity index is 1520. The molecule has 58 heavy (non-hydrogen) atoms. The van der Waals surface area contributed by atoms with E-state index in [1.165, 1.54) is 0 Å². The summed E-state index contributed by atoms with van der Waals surface area (Å²) < 4.78 is 21.7. The number of carbonyl (C=O) groups excluding carboxylic acids is 7. The summed E-state index contributed by atoms with van der Waals surface area (Å²) >= 11 is 0. The molecule has 6 N–H and O–H groups in total. The molecule has 328 valence electrons. The summed E-state index contributed by atoms with van der Waals surface area (Å²) in [6.07, 6.45) is 0.690. The first kappa shape index (κ1) is 51.3. The van der Waals surface area contributed by atoms with E-state index in [4.69, 9.17) is 24.7 Å². The van der Waals surface area contributed by atoms with Gasteiger partial charge in [0.2, 0.25) is 11.8 Å². The van der Waals surface area contributed by atoms with Gasteiger partial charge >= 0.3 is 29.9 Å². The smallest absolute Gasteiger partial charge is 0.329 e. The van der Waals surface area contributed by atoms with Gasteiger partial charge in [-0.2, -0.15) is 0 Å². The Morgan fingerprint density at radius 2 is 1.00 bits per heavy atom. The maximum Gasteiger partial charge on any atom is 0.329 e. The second-order valence-electron chi connectivity index (χ2n) is 18.2. The Morgan fingerprint density at radius 1 is 0.552 bits per heavy atom. The average molecular weight is 820 g/mol. The molecular weight excluding hydrogens is 750 g/mol. The van der Waals surface area contributed by atoms with Gasteiger partial charge in [-0.3, -0.25) is 19.2 Å². The van der Waals surface area contributed by atoms with Crippen LogP contribution in [0.1, 0.15) is 134 Å². The van der Waals surface area contributed by atoms with Crippen molar-refractivity contribution in [3.05, 3.63) is 35.9 Å². The van der Waals surface area contributed by atoms with Crippen LogP contribution in [-0.4, -0.2) is 94.8 Å². The zero-order valence-corrected chi connectivity index (χ0v) is 36.6. The molecule has 0 aromatic heterocycles. The molecule has 0 saturated heterocycles. The number of ether oxygens (including phenoxy) is 4. The first-order chi connectivity index (χ1) is 26.5. The number of hydrogen-bond acceptors (Lipinski definition) is 12. The molecule has 0 spiro atoms. The number of urea groups is 1. The summed E-state index contributed by atoms with van der Waals surface area (Å²) in [5.41, 5.74) is 3.71. The molecule has 4 amide bonds. The standard InChI is InChI=1S/C42H69N5O11/c1-39(2,3)55-32(48)23-21-28(43)34(50)45-31(26-27-18-14-13-15-19-27)35(51)44-25-17-16-20-29(36(52)57-41(7,8)9)46-38(54)47-30(37(53)58-42(10,11)12)22-24-33(49)56-40(4,5)6/h13-15,18-19,28-31H,16-17,20-26,43H2,1-12H3,(H,44,51)(H,45,50)(H2,46,47,54)/t28-,29-,30-,31-/m0/s1. The highest BCUT2D eigenvalue weighted by molar-refractivity contribution is 5.90. The Labute approximate surface area is 344 Å². The fourth-order valence-corrected chi connectivity index (χ4v) is 5.20. The number of benzene rings is 1. The first-order valence-corrected chi connectivity index (χ1v) is 19.9. The van der Waals surface area contributed by atoms with Gasteiger partial charge in [0.05, 0.1) is 6.04 Å². The van der Waals surface area contributed by atoms with E-state index < -0.39 is 88.3 Å². The monoisotopic (exact) mass is 819 g/mol. The highest BCUT2D eigenvalue weighted by Crippen LogP contribution is 2.16. The van der Waals surface area contributed by atoms with Crippen molar-refractivity contribution in [2.24, 2.45) is 5.73 Å². The van der Waals surface area contributed by atoms with Crippen LogP contribution in [-0.2, 0) is 54.1 Å². The zero-order chi connectivity index (χ0) is 44.5. The quantitative estimate of drug-likeness (QED) is 0.0705. The van der Waals surface area contributed by atoms with Gasteiger partial charge in [0.15, 0.2) is 0 Å². The molecule has 16 nitrogen and oxygen atoms in total. The second kappa shape index (κ2) is 23.0. The van der Waals surface area contributed by atoms with Crippen molar-refractivity contribution in [1.82, 2.24) is 21.3 Å². The minimum absolute atomic E-state index is 0.0268. The number of amides is 4. The molecule has 0 radical (unpaired) electrons. The molecule has 16 heteroatoms. The third kappa shape index (κ3) is 24.1. The van der Waals surface area contributed by atoms with Crippen LogP contribution in [0.4, 0.5) is 4.79 Å². The van der Waals surface area contributed by atoms with Crippen molar-refractivity contribution in [2.75, 3.05) is 6.54 Å². The number of unbranched alkanes of at least 4 members (excludes halogenated alkanes) is 1. The highest BCUT2D eigenvalue weighted by Gasteiger charge is 2.32. The molecule has 4 atom stereocenters. The van der Waals surface area contributed by atoms with Gasteiger partial charge in [-0.05, 0) is 121 Å². The van der Waals surface area contributed by atoms with E-state index in [9.17, 15) is 33.6 Å². The van der Waals surface area contributed by atoms with E-state index in [1.807, 2.05) is 30.3 Å². The van der Waals surface area contributed by atoms with E-state index in [0.29, 0.717) is 12.8 Å². The van der Waals surface area contributed by atoms with Crippen LogP contribution in [0, 0.1) is 0 Å². The van der Waals surface area contributed by atoms with Gasteiger partial charge in [-0.1, -0.05) is 30.3 Å². The lowest BCUT2D eigenvalue weighted by atomic mass is 10.0. The lowest BCUT2D eigenvalue weighted by Crippen LogP contribution is -2.53. The Morgan fingerprint density at radius 3 is 1.47 bits per heavy atom. The lowest BCUT2D eigenvalue weighted by Gasteiger charge is -2.27. The van der Waals surface area contributed by atoms with Crippen LogP contribution in [0.15, 0.2) is 30.3 Å². The molecule has 0 aliphatic carbocycles. The fourth-order valence-electron chi connectivity index (χ4n) is 5.20. The van der Waals surface area contributed by atoms with Crippen LogP contribution in [0.5, 0.6) is 0 Å². The van der Waals surface area contributed by atoms with E-state index in [-0.39, 0.29) is 45.1 Å². The Kier molecular flexibility index (Phi) is 20.3. The van der Waals surface area contributed by atoms with Crippen molar-refractivity contribution < 1.29 is 52.5 Å². The van der Waals surface area contributed by atoms with Crippen LogP contribution in [0.3, 0.4) is 0 Å². The number of hydrogen-bond donors (Lipinski definition) is 5. The molecule has 0 unspecified atom stereocenters. The molecule has 0 bridgehead atoms. The normalized spacial score (nSPS) is 14.1. The summed E-state index contributed by atoms with van der Waals surface area (Å²) in [6.45, 7) is 20.6. The zero-order valence-electron chi connectivity index (χ0n) is 36.6. The minimum Gasteiger partial charge on any atom is -0.460 e. The van der Waals surface area contributed by atoms with Gasteiger partial charge in [0.1, 0.15) is 40.5 Å². The van der Waals surface area contributed by atoms with Crippen molar-refractivity contribution >= 4 is 41.7 Å². The van der Waals surface area contributed by atoms with Crippen LogP contribution in [0.2, 0.25) is 0 Å². The van der Waals surface area contributed by atoms with Crippen molar-refractivity contribution in [3.8, 4) is 0 Å². The van der Waals surface area contributed by atoms with Gasteiger partial charge in [0.25, 0.3) is 0 Å². The maximum absolute atomic E-state index is 13.4. The molecule has 1 rings (SSSR count). The van der Waals surface area contributed by atoms with Crippen molar-refractivity contribution in [3.63, 3.8) is 0 Å². The van der Waals surface area contributed by atoms with Crippen molar-refractivity contribution in [2.45, 2.75) is 181 Å². The minimum atomic E-state index is -1.23. The van der Waals surface area contributed by atoms with E-state index >= 15 is 0 Å². The molecule has 0 saturated carbocycles. The number of rotatable bonds is 20. The number of nitrogens with one attached hydrogen (secondary N) is 4. The van der Waals surface area contributed by atoms with E-state index in [1.54, 1.807) is 83.1 Å². The van der Waals surface area contributed by atoms with E-state index in [0.717, 1.165) is 5.56 Å². The number of carbonyl (C=O) groups is 7. The maximum atomic E-state index is 13.4. The average Bonchev–Trinajstić information content (AvgIpc) is 3.05.